The Bertz CT molecular complexity index is 628. The summed E-state index contributed by atoms with van der Waals surface area (Å²) in [5.74, 6) is -0.0206. The number of fused-ring (bicyclic) bond motifs is 1. The van der Waals surface area contributed by atoms with Gasteiger partial charge in [-0.25, -0.2) is 0 Å². The molecule has 106 valence electrons. The standard InChI is InChI=1S/C15H20N4O/c1-4-5-7-12-15(14(20)9-11-18(2)3)13-8-6-10-16-19(13)17-12/h6,8-11H,4-5,7H2,1-3H3/b11-9+. The van der Waals surface area contributed by atoms with Crippen molar-refractivity contribution in [3.05, 3.63) is 41.9 Å². The minimum Gasteiger partial charge on any atom is -0.383 e. The van der Waals surface area contributed by atoms with Gasteiger partial charge in [-0.05, 0) is 25.0 Å². The molecule has 0 aliphatic rings. The van der Waals surface area contributed by atoms with Crippen molar-refractivity contribution in [1.82, 2.24) is 19.7 Å². The highest BCUT2D eigenvalue weighted by atomic mass is 16.1. The zero-order valence-electron chi connectivity index (χ0n) is 12.2. The summed E-state index contributed by atoms with van der Waals surface area (Å²) < 4.78 is 1.54. The van der Waals surface area contributed by atoms with E-state index in [2.05, 4.69) is 17.1 Å². The monoisotopic (exact) mass is 272 g/mol. The lowest BCUT2D eigenvalue weighted by molar-refractivity contribution is 0.104. The first kappa shape index (κ1) is 14.2. The summed E-state index contributed by atoms with van der Waals surface area (Å²) in [5, 5.41) is 8.60. The number of aromatic nitrogens is 3. The van der Waals surface area contributed by atoms with Crippen molar-refractivity contribution >= 4 is 11.3 Å². The van der Waals surface area contributed by atoms with E-state index in [9.17, 15) is 4.79 Å². The van der Waals surface area contributed by atoms with E-state index in [0.717, 1.165) is 30.5 Å². The molecule has 0 spiro atoms. The third-order valence-electron chi connectivity index (χ3n) is 3.03. The first-order valence-electron chi connectivity index (χ1n) is 6.85. The van der Waals surface area contributed by atoms with Crippen LogP contribution in [0.1, 0.15) is 35.8 Å². The Morgan fingerprint density at radius 2 is 2.25 bits per heavy atom. The highest BCUT2D eigenvalue weighted by Crippen LogP contribution is 2.18. The SMILES string of the molecule is CCCCc1nn2ncccc2c1C(=O)/C=C/N(C)C. The number of carbonyl (C=O) groups excluding carboxylic acids is 1. The molecule has 0 saturated carbocycles. The van der Waals surface area contributed by atoms with Gasteiger partial charge in [-0.3, -0.25) is 4.79 Å². The van der Waals surface area contributed by atoms with E-state index in [-0.39, 0.29) is 5.78 Å². The molecule has 0 aliphatic heterocycles. The molecule has 0 fully saturated rings. The number of unbranched alkanes of at least 4 members (excludes halogenated alkanes) is 1. The van der Waals surface area contributed by atoms with Crippen molar-refractivity contribution in [2.24, 2.45) is 0 Å². The van der Waals surface area contributed by atoms with Crippen molar-refractivity contribution in [2.75, 3.05) is 14.1 Å². The minimum absolute atomic E-state index is 0.0206. The van der Waals surface area contributed by atoms with Crippen LogP contribution in [0.15, 0.2) is 30.6 Å². The van der Waals surface area contributed by atoms with Crippen LogP contribution in [0.3, 0.4) is 0 Å². The lowest BCUT2D eigenvalue weighted by Gasteiger charge is -2.03. The van der Waals surface area contributed by atoms with E-state index in [0.29, 0.717) is 5.56 Å². The molecule has 0 unspecified atom stereocenters. The summed E-state index contributed by atoms with van der Waals surface area (Å²) in [6.45, 7) is 2.13. The van der Waals surface area contributed by atoms with Crippen molar-refractivity contribution in [3.8, 4) is 0 Å². The first-order valence-corrected chi connectivity index (χ1v) is 6.85. The predicted molar refractivity (Wildman–Crippen MR) is 78.8 cm³/mol. The fraction of sp³-hybridized carbons (Fsp3) is 0.400. The van der Waals surface area contributed by atoms with E-state index in [4.69, 9.17) is 0 Å². The lowest BCUT2D eigenvalue weighted by atomic mass is 10.1. The summed E-state index contributed by atoms with van der Waals surface area (Å²) in [6, 6.07) is 3.71. The van der Waals surface area contributed by atoms with Gasteiger partial charge < -0.3 is 4.90 Å². The van der Waals surface area contributed by atoms with E-state index in [1.165, 1.54) is 0 Å². The Balaban J connectivity index is 2.44. The van der Waals surface area contributed by atoms with Crippen LogP contribution in [0.2, 0.25) is 0 Å². The molecule has 0 aliphatic carbocycles. The normalized spacial score (nSPS) is 11.3. The number of allylic oxidation sites excluding steroid dienone is 1. The maximum atomic E-state index is 12.4. The summed E-state index contributed by atoms with van der Waals surface area (Å²) in [5.41, 5.74) is 2.27. The van der Waals surface area contributed by atoms with Gasteiger partial charge in [0.1, 0.15) is 0 Å². The van der Waals surface area contributed by atoms with Crippen molar-refractivity contribution in [3.63, 3.8) is 0 Å². The van der Waals surface area contributed by atoms with Gasteiger partial charge in [0.05, 0.1) is 16.8 Å². The second-order valence-corrected chi connectivity index (χ2v) is 4.97. The number of nitrogens with zero attached hydrogens (tertiary/aromatic N) is 4. The number of rotatable bonds is 6. The molecule has 0 N–H and O–H groups in total. The van der Waals surface area contributed by atoms with Crippen LogP contribution in [0.4, 0.5) is 0 Å². The predicted octanol–water partition coefficient (Wildman–Crippen LogP) is 2.33. The molecule has 2 aromatic heterocycles. The topological polar surface area (TPSA) is 50.5 Å². The average molecular weight is 272 g/mol. The van der Waals surface area contributed by atoms with Gasteiger partial charge in [0.15, 0.2) is 5.78 Å². The Morgan fingerprint density at radius 3 is 2.95 bits per heavy atom. The van der Waals surface area contributed by atoms with Crippen LogP contribution in [0, 0.1) is 0 Å². The van der Waals surface area contributed by atoms with Gasteiger partial charge in [0.25, 0.3) is 0 Å². The van der Waals surface area contributed by atoms with Crippen LogP contribution >= 0.6 is 0 Å². The Labute approximate surface area is 118 Å². The number of hydrogen-bond acceptors (Lipinski definition) is 4. The van der Waals surface area contributed by atoms with Crippen LogP contribution in [-0.4, -0.2) is 39.6 Å². The lowest BCUT2D eigenvalue weighted by Crippen LogP contribution is -2.04. The minimum atomic E-state index is -0.0206. The van der Waals surface area contributed by atoms with E-state index < -0.39 is 0 Å². The fourth-order valence-electron chi connectivity index (χ4n) is 2.03. The Morgan fingerprint density at radius 1 is 1.45 bits per heavy atom. The molecular formula is C15H20N4O. The average Bonchev–Trinajstić information content (AvgIpc) is 2.80. The summed E-state index contributed by atoms with van der Waals surface area (Å²) in [4.78, 5) is 14.3. The molecule has 0 radical (unpaired) electrons. The molecule has 5 heteroatoms. The molecule has 20 heavy (non-hydrogen) atoms. The zero-order chi connectivity index (χ0) is 14.5. The molecule has 2 rings (SSSR count). The van der Waals surface area contributed by atoms with Crippen LogP contribution in [-0.2, 0) is 6.42 Å². The highest BCUT2D eigenvalue weighted by molar-refractivity contribution is 6.10. The molecular weight excluding hydrogens is 252 g/mol. The molecule has 0 bridgehead atoms. The van der Waals surface area contributed by atoms with Gasteiger partial charge in [0, 0.05) is 32.6 Å². The van der Waals surface area contributed by atoms with Gasteiger partial charge >= 0.3 is 0 Å². The summed E-state index contributed by atoms with van der Waals surface area (Å²) in [7, 11) is 3.78. The first-order chi connectivity index (χ1) is 9.63. The summed E-state index contributed by atoms with van der Waals surface area (Å²) >= 11 is 0. The quantitative estimate of drug-likeness (QED) is 0.598. The van der Waals surface area contributed by atoms with Gasteiger partial charge in [-0.2, -0.15) is 14.8 Å². The molecule has 0 amide bonds. The third kappa shape index (κ3) is 3.04. The molecule has 2 heterocycles. The van der Waals surface area contributed by atoms with Crippen molar-refractivity contribution < 1.29 is 4.79 Å². The smallest absolute Gasteiger partial charge is 0.191 e. The Hall–Kier alpha value is -2.17. The number of aryl methyl sites for hydroxylation is 1. The number of carbonyl (C=O) groups is 1. The molecule has 5 nitrogen and oxygen atoms in total. The third-order valence-corrected chi connectivity index (χ3v) is 3.03. The van der Waals surface area contributed by atoms with E-state index in [1.54, 1.807) is 23.1 Å². The number of hydrogen-bond donors (Lipinski definition) is 0. The maximum absolute atomic E-state index is 12.4. The molecule has 0 atom stereocenters. The molecule has 2 aromatic rings. The second kappa shape index (κ2) is 6.32. The van der Waals surface area contributed by atoms with Crippen LogP contribution in [0.25, 0.3) is 5.52 Å². The van der Waals surface area contributed by atoms with Crippen molar-refractivity contribution in [1.29, 1.82) is 0 Å². The van der Waals surface area contributed by atoms with Gasteiger partial charge in [-0.15, -0.1) is 0 Å². The van der Waals surface area contributed by atoms with Crippen LogP contribution in [0.5, 0.6) is 0 Å². The maximum Gasteiger partial charge on any atom is 0.191 e. The van der Waals surface area contributed by atoms with Crippen molar-refractivity contribution in [2.45, 2.75) is 26.2 Å². The fourth-order valence-corrected chi connectivity index (χ4v) is 2.03. The van der Waals surface area contributed by atoms with Crippen LogP contribution < -0.4 is 0 Å². The van der Waals surface area contributed by atoms with Gasteiger partial charge in [0.2, 0.25) is 0 Å². The van der Waals surface area contributed by atoms with E-state index in [1.807, 2.05) is 31.1 Å². The highest BCUT2D eigenvalue weighted by Gasteiger charge is 2.17. The number of ketones is 1. The largest absolute Gasteiger partial charge is 0.383 e. The Kier molecular flexibility index (Phi) is 4.50. The molecule has 0 aromatic carbocycles. The summed E-state index contributed by atoms with van der Waals surface area (Å²) in [6.07, 6.45) is 7.90. The molecule has 0 saturated heterocycles. The zero-order valence-corrected chi connectivity index (χ0v) is 12.2. The van der Waals surface area contributed by atoms with E-state index >= 15 is 0 Å². The second-order valence-electron chi connectivity index (χ2n) is 4.97. The van der Waals surface area contributed by atoms with Gasteiger partial charge in [-0.1, -0.05) is 13.3 Å².